The van der Waals surface area contributed by atoms with Crippen LogP contribution in [-0.4, -0.2) is 22.2 Å². The highest BCUT2D eigenvalue weighted by atomic mass is 16.5. The number of hydrogen-bond donors (Lipinski definition) is 2. The van der Waals surface area contributed by atoms with Gasteiger partial charge in [-0.1, -0.05) is 19.0 Å². The van der Waals surface area contributed by atoms with E-state index in [1.54, 1.807) is 6.20 Å². The van der Waals surface area contributed by atoms with Crippen molar-refractivity contribution in [2.24, 2.45) is 5.92 Å². The predicted molar refractivity (Wildman–Crippen MR) is 74.0 cm³/mol. The van der Waals surface area contributed by atoms with Crippen molar-refractivity contribution in [2.75, 3.05) is 17.7 Å². The molecule has 0 aliphatic rings. The van der Waals surface area contributed by atoms with E-state index in [1.165, 1.54) is 0 Å². The summed E-state index contributed by atoms with van der Waals surface area (Å²) in [7, 11) is 1.82. The maximum absolute atomic E-state index is 5.27. The molecule has 2 N–H and O–H groups in total. The highest BCUT2D eigenvalue weighted by Gasteiger charge is 2.06. The Kier molecular flexibility index (Phi) is 4.33. The summed E-state index contributed by atoms with van der Waals surface area (Å²) in [4.78, 5) is 8.41. The van der Waals surface area contributed by atoms with Crippen LogP contribution in [0.2, 0.25) is 0 Å². The van der Waals surface area contributed by atoms with Crippen LogP contribution in [0, 0.1) is 5.92 Å². The van der Waals surface area contributed by atoms with E-state index in [1.807, 2.05) is 19.2 Å². The average molecular weight is 261 g/mol. The second-order valence-electron chi connectivity index (χ2n) is 4.75. The molecule has 2 rings (SSSR count). The first-order valence-electron chi connectivity index (χ1n) is 6.36. The van der Waals surface area contributed by atoms with Gasteiger partial charge < -0.3 is 15.2 Å². The molecule has 0 aliphatic heterocycles. The lowest BCUT2D eigenvalue weighted by molar-refractivity contribution is 0.364. The van der Waals surface area contributed by atoms with Gasteiger partial charge in [0.1, 0.15) is 17.3 Å². The molecule has 2 aromatic heterocycles. The maximum Gasteiger partial charge on any atom is 0.224 e. The van der Waals surface area contributed by atoms with E-state index in [9.17, 15) is 0 Å². The Balaban J connectivity index is 1.92. The second kappa shape index (κ2) is 6.17. The van der Waals surface area contributed by atoms with Gasteiger partial charge in [-0.3, -0.25) is 0 Å². The fourth-order valence-corrected chi connectivity index (χ4v) is 1.69. The molecule has 0 bridgehead atoms. The van der Waals surface area contributed by atoms with Gasteiger partial charge in [0.2, 0.25) is 5.95 Å². The molecule has 6 heteroatoms. The van der Waals surface area contributed by atoms with Crippen LogP contribution in [-0.2, 0) is 13.0 Å². The zero-order chi connectivity index (χ0) is 13.7. The molecule has 6 nitrogen and oxygen atoms in total. The Bertz CT molecular complexity index is 523. The minimum absolute atomic E-state index is 0.550. The van der Waals surface area contributed by atoms with Gasteiger partial charge in [-0.05, 0) is 12.0 Å². The van der Waals surface area contributed by atoms with E-state index in [2.05, 4.69) is 39.6 Å². The quantitative estimate of drug-likeness (QED) is 0.831. The van der Waals surface area contributed by atoms with Crippen molar-refractivity contribution in [1.82, 2.24) is 15.1 Å². The number of anilines is 2. The molecule has 2 aromatic rings. The largest absolute Gasteiger partial charge is 0.373 e. The summed E-state index contributed by atoms with van der Waals surface area (Å²) >= 11 is 0. The highest BCUT2D eigenvalue weighted by Crippen LogP contribution is 2.11. The second-order valence-corrected chi connectivity index (χ2v) is 4.75. The van der Waals surface area contributed by atoms with E-state index in [0.29, 0.717) is 18.4 Å². The molecule has 0 radical (unpaired) electrons. The van der Waals surface area contributed by atoms with Crippen molar-refractivity contribution in [2.45, 2.75) is 26.8 Å². The van der Waals surface area contributed by atoms with Crippen molar-refractivity contribution in [3.8, 4) is 0 Å². The van der Waals surface area contributed by atoms with Gasteiger partial charge in [0.15, 0.2) is 0 Å². The van der Waals surface area contributed by atoms with Crippen LogP contribution < -0.4 is 10.6 Å². The number of nitrogens with zero attached hydrogens (tertiary/aromatic N) is 3. The summed E-state index contributed by atoms with van der Waals surface area (Å²) in [6, 6.07) is 3.77. The molecule has 0 atom stereocenters. The first kappa shape index (κ1) is 13.3. The van der Waals surface area contributed by atoms with E-state index in [-0.39, 0.29) is 0 Å². The van der Waals surface area contributed by atoms with Crippen LogP contribution >= 0.6 is 0 Å². The fourth-order valence-electron chi connectivity index (χ4n) is 1.69. The molecule has 0 saturated carbocycles. The lowest BCUT2D eigenvalue weighted by Crippen LogP contribution is -2.05. The lowest BCUT2D eigenvalue weighted by atomic mass is 10.1. The van der Waals surface area contributed by atoms with Crippen LogP contribution in [0.15, 0.2) is 22.9 Å². The Morgan fingerprint density at radius 2 is 2.21 bits per heavy atom. The lowest BCUT2D eigenvalue weighted by Gasteiger charge is -2.03. The summed E-state index contributed by atoms with van der Waals surface area (Å²) in [6.45, 7) is 4.85. The molecule has 19 heavy (non-hydrogen) atoms. The van der Waals surface area contributed by atoms with Crippen LogP contribution in [0.1, 0.15) is 25.3 Å². The minimum Gasteiger partial charge on any atom is -0.373 e. The molecule has 0 saturated heterocycles. The van der Waals surface area contributed by atoms with E-state index < -0.39 is 0 Å². The monoisotopic (exact) mass is 261 g/mol. The molecule has 0 unspecified atom stereocenters. The molecule has 0 fully saturated rings. The zero-order valence-corrected chi connectivity index (χ0v) is 11.5. The van der Waals surface area contributed by atoms with Gasteiger partial charge in [-0.25, -0.2) is 4.98 Å². The van der Waals surface area contributed by atoms with Crippen LogP contribution in [0.25, 0.3) is 0 Å². The third kappa shape index (κ3) is 3.94. The van der Waals surface area contributed by atoms with Crippen LogP contribution in [0.5, 0.6) is 0 Å². The molecule has 0 aromatic carbocycles. The summed E-state index contributed by atoms with van der Waals surface area (Å²) in [5.41, 5.74) is 0.856. The first-order chi connectivity index (χ1) is 9.17. The maximum atomic E-state index is 5.27. The number of hydrogen-bond acceptors (Lipinski definition) is 6. The molecule has 0 amide bonds. The summed E-state index contributed by atoms with van der Waals surface area (Å²) in [5, 5.41) is 10.1. The Morgan fingerprint density at radius 1 is 1.37 bits per heavy atom. The summed E-state index contributed by atoms with van der Waals surface area (Å²) in [6.07, 6.45) is 2.60. The third-order valence-corrected chi connectivity index (χ3v) is 2.56. The smallest absolute Gasteiger partial charge is 0.224 e. The molecule has 0 spiro atoms. The van der Waals surface area contributed by atoms with Crippen molar-refractivity contribution < 1.29 is 4.52 Å². The van der Waals surface area contributed by atoms with Gasteiger partial charge in [-0.15, -0.1) is 0 Å². The Labute approximate surface area is 112 Å². The van der Waals surface area contributed by atoms with Crippen molar-refractivity contribution in [3.63, 3.8) is 0 Å². The Morgan fingerprint density at radius 3 is 2.95 bits per heavy atom. The SMILES string of the molecule is CNc1ccnc(NCc2cc(CC(C)C)on2)n1. The van der Waals surface area contributed by atoms with Crippen molar-refractivity contribution in [3.05, 3.63) is 29.8 Å². The van der Waals surface area contributed by atoms with Gasteiger partial charge in [0, 0.05) is 25.7 Å². The molecule has 102 valence electrons. The third-order valence-electron chi connectivity index (χ3n) is 2.56. The van der Waals surface area contributed by atoms with E-state index >= 15 is 0 Å². The van der Waals surface area contributed by atoms with Gasteiger partial charge >= 0.3 is 0 Å². The zero-order valence-electron chi connectivity index (χ0n) is 11.5. The minimum atomic E-state index is 0.550. The number of nitrogens with one attached hydrogen (secondary N) is 2. The molecule has 2 heterocycles. The highest BCUT2D eigenvalue weighted by molar-refractivity contribution is 5.38. The summed E-state index contributed by atoms with van der Waals surface area (Å²) in [5.74, 6) is 2.82. The van der Waals surface area contributed by atoms with Gasteiger partial charge in [-0.2, -0.15) is 4.98 Å². The fraction of sp³-hybridized carbons (Fsp3) is 0.462. The Hall–Kier alpha value is -2.11. The molecule has 0 aliphatic carbocycles. The molecular weight excluding hydrogens is 242 g/mol. The molecular formula is C13H19N5O. The van der Waals surface area contributed by atoms with Crippen LogP contribution in [0.4, 0.5) is 11.8 Å². The summed E-state index contributed by atoms with van der Waals surface area (Å²) < 4.78 is 5.27. The van der Waals surface area contributed by atoms with E-state index in [0.717, 1.165) is 23.7 Å². The van der Waals surface area contributed by atoms with Crippen molar-refractivity contribution in [1.29, 1.82) is 0 Å². The van der Waals surface area contributed by atoms with Gasteiger partial charge in [0.05, 0.1) is 6.54 Å². The first-order valence-corrected chi connectivity index (χ1v) is 6.36. The van der Waals surface area contributed by atoms with Gasteiger partial charge in [0.25, 0.3) is 0 Å². The normalized spacial score (nSPS) is 10.7. The van der Waals surface area contributed by atoms with E-state index in [4.69, 9.17) is 4.52 Å². The number of rotatable bonds is 6. The van der Waals surface area contributed by atoms with Crippen molar-refractivity contribution >= 4 is 11.8 Å². The number of aromatic nitrogens is 3. The average Bonchev–Trinajstić information content (AvgIpc) is 2.83. The topological polar surface area (TPSA) is 75.9 Å². The van der Waals surface area contributed by atoms with Crippen LogP contribution in [0.3, 0.4) is 0 Å². The predicted octanol–water partition coefficient (Wildman–Crippen LogP) is 2.32. The standard InChI is InChI=1S/C13H19N5O/c1-9(2)6-11-7-10(18-19-11)8-16-13-15-5-4-12(14-3)17-13/h4-5,7,9H,6,8H2,1-3H3,(H2,14,15,16,17).